The van der Waals surface area contributed by atoms with Gasteiger partial charge in [0.25, 0.3) is 0 Å². The number of aromatic nitrogens is 2. The Bertz CT molecular complexity index is 794. The molecule has 6 nitrogen and oxygen atoms in total. The molecule has 0 radical (unpaired) electrons. The zero-order valence-corrected chi connectivity index (χ0v) is 13.9. The van der Waals surface area contributed by atoms with Gasteiger partial charge in [0.05, 0.1) is 21.7 Å². The first kappa shape index (κ1) is 16.2. The number of aryl methyl sites for hydroxylation is 1. The molecule has 114 valence electrons. The number of nitrogens with zero attached hydrogens (tertiary/aromatic N) is 2. The first-order valence-corrected chi connectivity index (χ1v) is 8.28. The number of nitrogen functional groups attached to an aromatic ring is 1. The summed E-state index contributed by atoms with van der Waals surface area (Å²) in [4.78, 5) is 3.36. The second kappa shape index (κ2) is 5.91. The SMILES string of the molecule is Cn1ccnc1CNS(=O)(=O)c1cc(Cl)c(Br)c(N)c1F. The molecular weight excluding hydrogens is 387 g/mol. The van der Waals surface area contributed by atoms with Gasteiger partial charge in [-0.1, -0.05) is 11.6 Å². The Morgan fingerprint density at radius 2 is 2.24 bits per heavy atom. The molecule has 2 aromatic rings. The second-order valence-corrected chi connectivity index (χ2v) is 7.11. The lowest BCUT2D eigenvalue weighted by atomic mass is 10.3. The third kappa shape index (κ3) is 3.20. The van der Waals surface area contributed by atoms with Gasteiger partial charge in [0.2, 0.25) is 10.0 Å². The van der Waals surface area contributed by atoms with Crippen LogP contribution in [0.1, 0.15) is 5.82 Å². The molecule has 0 aliphatic heterocycles. The van der Waals surface area contributed by atoms with E-state index in [1.165, 1.54) is 6.20 Å². The summed E-state index contributed by atoms with van der Waals surface area (Å²) >= 11 is 8.81. The van der Waals surface area contributed by atoms with Gasteiger partial charge in [-0.2, -0.15) is 0 Å². The molecule has 1 aromatic carbocycles. The minimum atomic E-state index is -4.11. The maximum Gasteiger partial charge on any atom is 0.244 e. The molecule has 0 aliphatic rings. The number of nitrogens with two attached hydrogens (primary N) is 1. The van der Waals surface area contributed by atoms with Gasteiger partial charge in [0.1, 0.15) is 10.7 Å². The van der Waals surface area contributed by atoms with Gasteiger partial charge < -0.3 is 10.3 Å². The molecule has 0 amide bonds. The summed E-state index contributed by atoms with van der Waals surface area (Å²) in [6.45, 7) is -0.0845. The van der Waals surface area contributed by atoms with Crippen LogP contribution in [0.2, 0.25) is 5.02 Å². The van der Waals surface area contributed by atoms with Crippen molar-refractivity contribution in [3.8, 4) is 0 Å². The van der Waals surface area contributed by atoms with Crippen molar-refractivity contribution in [2.75, 3.05) is 5.73 Å². The van der Waals surface area contributed by atoms with Crippen molar-refractivity contribution >= 4 is 43.2 Å². The van der Waals surface area contributed by atoms with Crippen molar-refractivity contribution in [2.45, 2.75) is 11.4 Å². The Labute approximate surface area is 134 Å². The highest BCUT2D eigenvalue weighted by atomic mass is 79.9. The number of benzene rings is 1. The maximum absolute atomic E-state index is 14.0. The summed E-state index contributed by atoms with van der Waals surface area (Å²) < 4.78 is 42.4. The quantitative estimate of drug-likeness (QED) is 0.610. The Hall–Kier alpha value is -1.16. The number of halogens is 3. The van der Waals surface area contributed by atoms with E-state index in [0.717, 1.165) is 6.07 Å². The van der Waals surface area contributed by atoms with Crippen LogP contribution in [-0.4, -0.2) is 18.0 Å². The molecule has 0 atom stereocenters. The van der Waals surface area contributed by atoms with Crippen LogP contribution in [0.25, 0.3) is 0 Å². The Kier molecular flexibility index (Phi) is 4.57. The molecule has 0 spiro atoms. The van der Waals surface area contributed by atoms with Crippen LogP contribution in [0.4, 0.5) is 10.1 Å². The zero-order valence-electron chi connectivity index (χ0n) is 10.8. The fourth-order valence-electron chi connectivity index (χ4n) is 1.60. The summed E-state index contributed by atoms with van der Waals surface area (Å²) in [7, 11) is -2.40. The average molecular weight is 398 g/mol. The van der Waals surface area contributed by atoms with Gasteiger partial charge in [-0.3, -0.25) is 0 Å². The van der Waals surface area contributed by atoms with E-state index in [-0.39, 0.29) is 21.7 Å². The van der Waals surface area contributed by atoms with Crippen LogP contribution in [0.5, 0.6) is 0 Å². The molecule has 0 fully saturated rings. The van der Waals surface area contributed by atoms with Gasteiger partial charge >= 0.3 is 0 Å². The largest absolute Gasteiger partial charge is 0.395 e. The minimum absolute atomic E-state index is 0.00580. The maximum atomic E-state index is 14.0. The van der Waals surface area contributed by atoms with Crippen molar-refractivity contribution in [2.24, 2.45) is 7.05 Å². The van der Waals surface area contributed by atoms with E-state index < -0.39 is 20.7 Å². The van der Waals surface area contributed by atoms with Crippen LogP contribution in [0, 0.1) is 5.82 Å². The lowest BCUT2D eigenvalue weighted by molar-refractivity contribution is 0.556. The van der Waals surface area contributed by atoms with E-state index in [0.29, 0.717) is 5.82 Å². The summed E-state index contributed by atoms with van der Waals surface area (Å²) in [5.74, 6) is -0.575. The molecule has 0 aliphatic carbocycles. The lowest BCUT2D eigenvalue weighted by Crippen LogP contribution is -2.26. The number of hydrogen-bond donors (Lipinski definition) is 2. The van der Waals surface area contributed by atoms with Crippen LogP contribution in [0.15, 0.2) is 27.8 Å². The molecule has 0 unspecified atom stereocenters. The van der Waals surface area contributed by atoms with Gasteiger partial charge in [-0.25, -0.2) is 22.5 Å². The molecule has 0 saturated heterocycles. The number of sulfonamides is 1. The molecule has 21 heavy (non-hydrogen) atoms. The summed E-state index contributed by atoms with van der Waals surface area (Å²) in [5, 5.41) is 0.00580. The third-order valence-electron chi connectivity index (χ3n) is 2.79. The lowest BCUT2D eigenvalue weighted by Gasteiger charge is -2.11. The summed E-state index contributed by atoms with van der Waals surface area (Å²) in [5.41, 5.74) is 5.12. The second-order valence-electron chi connectivity index (χ2n) is 4.18. The fourth-order valence-corrected chi connectivity index (χ4v) is 3.26. The van der Waals surface area contributed by atoms with E-state index in [1.54, 1.807) is 17.8 Å². The van der Waals surface area contributed by atoms with Crippen LogP contribution in [0.3, 0.4) is 0 Å². The molecular formula is C11H11BrClFN4O2S. The van der Waals surface area contributed by atoms with Crippen molar-refractivity contribution in [1.29, 1.82) is 0 Å². The van der Waals surface area contributed by atoms with Crippen molar-refractivity contribution in [3.05, 3.63) is 39.6 Å². The van der Waals surface area contributed by atoms with Crippen LogP contribution >= 0.6 is 27.5 Å². The number of hydrogen-bond acceptors (Lipinski definition) is 4. The number of imidazole rings is 1. The van der Waals surface area contributed by atoms with Crippen molar-refractivity contribution < 1.29 is 12.8 Å². The normalized spacial score (nSPS) is 11.8. The van der Waals surface area contributed by atoms with Gasteiger partial charge in [-0.15, -0.1) is 0 Å². The first-order valence-electron chi connectivity index (χ1n) is 5.63. The van der Waals surface area contributed by atoms with E-state index in [1.807, 2.05) is 0 Å². The highest BCUT2D eigenvalue weighted by molar-refractivity contribution is 9.10. The monoisotopic (exact) mass is 396 g/mol. The minimum Gasteiger partial charge on any atom is -0.395 e. The smallest absolute Gasteiger partial charge is 0.244 e. The Morgan fingerprint density at radius 3 is 2.81 bits per heavy atom. The Morgan fingerprint density at radius 1 is 1.57 bits per heavy atom. The predicted octanol–water partition coefficient (Wildman–Crippen LogP) is 2.04. The van der Waals surface area contributed by atoms with Crippen LogP contribution in [-0.2, 0) is 23.6 Å². The third-order valence-corrected chi connectivity index (χ3v) is 5.57. The van der Waals surface area contributed by atoms with Crippen LogP contribution < -0.4 is 10.5 Å². The highest BCUT2D eigenvalue weighted by Gasteiger charge is 2.24. The Balaban J connectivity index is 2.34. The topological polar surface area (TPSA) is 90.0 Å². The summed E-state index contributed by atoms with van der Waals surface area (Å²) in [6, 6.07) is 0.998. The molecule has 1 heterocycles. The van der Waals surface area contributed by atoms with Crippen molar-refractivity contribution in [3.63, 3.8) is 0 Å². The van der Waals surface area contributed by atoms with E-state index in [4.69, 9.17) is 17.3 Å². The molecule has 1 aromatic heterocycles. The molecule has 0 bridgehead atoms. The molecule has 3 N–H and O–H groups in total. The van der Waals surface area contributed by atoms with E-state index >= 15 is 0 Å². The molecule has 10 heteroatoms. The van der Waals surface area contributed by atoms with Gasteiger partial charge in [0.15, 0.2) is 5.82 Å². The van der Waals surface area contributed by atoms with Crippen molar-refractivity contribution in [1.82, 2.24) is 14.3 Å². The number of anilines is 1. The number of nitrogens with one attached hydrogen (secondary N) is 1. The number of rotatable bonds is 4. The summed E-state index contributed by atoms with van der Waals surface area (Å²) in [6.07, 6.45) is 3.19. The molecule has 2 rings (SSSR count). The van der Waals surface area contributed by atoms with Gasteiger partial charge in [-0.05, 0) is 22.0 Å². The van der Waals surface area contributed by atoms with E-state index in [9.17, 15) is 12.8 Å². The highest BCUT2D eigenvalue weighted by Crippen LogP contribution is 2.34. The van der Waals surface area contributed by atoms with E-state index in [2.05, 4.69) is 25.6 Å². The van der Waals surface area contributed by atoms with Gasteiger partial charge in [0, 0.05) is 19.4 Å². The predicted molar refractivity (Wildman–Crippen MR) is 80.8 cm³/mol. The average Bonchev–Trinajstić information content (AvgIpc) is 2.83. The first-order chi connectivity index (χ1) is 9.74. The molecule has 0 saturated carbocycles. The fraction of sp³-hybridized carbons (Fsp3) is 0.182. The standard InChI is InChI=1S/C11H11BrClFN4O2S/c1-18-3-2-16-8(18)5-17-21(19,20)7-4-6(13)9(12)11(15)10(7)14/h2-4,17H,5,15H2,1H3. The zero-order chi connectivity index (χ0) is 15.8.